The molecule has 0 aliphatic heterocycles. The van der Waals surface area contributed by atoms with E-state index < -0.39 is 15.9 Å². The third-order valence-electron chi connectivity index (χ3n) is 5.62. The molecule has 1 amide bonds. The molecule has 1 N–H and O–H groups in total. The lowest BCUT2D eigenvalue weighted by Gasteiger charge is -2.27. The highest BCUT2D eigenvalue weighted by molar-refractivity contribution is 7.92. The molecule has 0 atom stereocenters. The number of anilines is 2. The first-order chi connectivity index (χ1) is 17.3. The average molecular weight is 521 g/mol. The van der Waals surface area contributed by atoms with Crippen molar-refractivity contribution in [2.45, 2.75) is 18.4 Å². The summed E-state index contributed by atoms with van der Waals surface area (Å²) in [7, 11) is -2.51. The second kappa shape index (κ2) is 10.8. The Bertz CT molecular complexity index is 1470. The summed E-state index contributed by atoms with van der Waals surface area (Å²) < 4.78 is 34.4. The molecule has 0 fully saturated rings. The van der Waals surface area contributed by atoms with Crippen molar-refractivity contribution in [1.29, 1.82) is 0 Å². The predicted octanol–water partition coefficient (Wildman–Crippen LogP) is 6.30. The molecule has 0 saturated carbocycles. The predicted molar refractivity (Wildman–Crippen MR) is 143 cm³/mol. The number of nitrogens with zero attached hydrogens (tertiary/aromatic N) is 1. The van der Waals surface area contributed by atoms with Gasteiger partial charge in [-0.1, -0.05) is 65.7 Å². The zero-order chi connectivity index (χ0) is 25.7. The van der Waals surface area contributed by atoms with Crippen LogP contribution in [0, 0.1) is 6.92 Å². The second-order valence-electron chi connectivity index (χ2n) is 8.12. The maximum atomic E-state index is 13.9. The number of hydrogen-bond acceptors (Lipinski definition) is 4. The number of amides is 1. The number of aryl methyl sites for hydroxylation is 1. The van der Waals surface area contributed by atoms with Gasteiger partial charge < -0.3 is 10.1 Å². The number of carbonyl (C=O) groups is 1. The normalized spacial score (nSPS) is 11.1. The molecule has 4 rings (SSSR count). The van der Waals surface area contributed by atoms with Crippen LogP contribution in [0.5, 0.6) is 5.75 Å². The molecule has 0 spiro atoms. The van der Waals surface area contributed by atoms with Crippen LogP contribution in [0.25, 0.3) is 0 Å². The summed E-state index contributed by atoms with van der Waals surface area (Å²) in [4.78, 5) is 13.5. The summed E-state index contributed by atoms with van der Waals surface area (Å²) in [6.07, 6.45) is 0. The Hall–Kier alpha value is -3.81. The van der Waals surface area contributed by atoms with Crippen LogP contribution in [0.3, 0.4) is 0 Å². The first kappa shape index (κ1) is 25.3. The summed E-state index contributed by atoms with van der Waals surface area (Å²) in [5.74, 6) is 0.0314. The zero-order valence-electron chi connectivity index (χ0n) is 19.8. The molecule has 0 unspecified atom stereocenters. The Balaban J connectivity index is 1.80. The molecule has 0 heterocycles. The third kappa shape index (κ3) is 5.53. The highest BCUT2D eigenvalue weighted by Crippen LogP contribution is 2.31. The van der Waals surface area contributed by atoms with E-state index in [0.29, 0.717) is 16.5 Å². The van der Waals surface area contributed by atoms with Gasteiger partial charge in [0.15, 0.2) is 0 Å². The number of hydrogen-bond donors (Lipinski definition) is 1. The number of ether oxygens (including phenoxy) is 1. The van der Waals surface area contributed by atoms with Gasteiger partial charge in [-0.05, 0) is 61.0 Å². The summed E-state index contributed by atoms with van der Waals surface area (Å²) >= 11 is 6.04. The van der Waals surface area contributed by atoms with E-state index in [-0.39, 0.29) is 22.7 Å². The molecular weight excluding hydrogens is 496 g/mol. The number of methoxy groups -OCH3 is 1. The van der Waals surface area contributed by atoms with E-state index in [1.165, 1.54) is 11.4 Å². The lowest BCUT2D eigenvalue weighted by molar-refractivity contribution is 0.102. The molecule has 184 valence electrons. The van der Waals surface area contributed by atoms with Gasteiger partial charge >= 0.3 is 0 Å². The van der Waals surface area contributed by atoms with E-state index in [0.717, 1.165) is 11.1 Å². The van der Waals surface area contributed by atoms with Crippen molar-refractivity contribution in [3.05, 3.63) is 119 Å². The van der Waals surface area contributed by atoms with Crippen LogP contribution in [-0.2, 0) is 16.6 Å². The Morgan fingerprint density at radius 2 is 1.53 bits per heavy atom. The van der Waals surface area contributed by atoms with Gasteiger partial charge in [-0.15, -0.1) is 0 Å². The maximum absolute atomic E-state index is 13.9. The van der Waals surface area contributed by atoms with Crippen molar-refractivity contribution in [2.75, 3.05) is 16.7 Å². The largest absolute Gasteiger partial charge is 0.495 e. The fourth-order valence-electron chi connectivity index (χ4n) is 3.71. The molecular formula is C28H25ClN2O4S. The molecule has 0 aromatic heterocycles. The van der Waals surface area contributed by atoms with Crippen molar-refractivity contribution in [3.63, 3.8) is 0 Å². The van der Waals surface area contributed by atoms with Crippen LogP contribution in [0.1, 0.15) is 21.5 Å². The summed E-state index contributed by atoms with van der Waals surface area (Å²) in [5, 5.41) is 3.38. The quantitative estimate of drug-likeness (QED) is 0.295. The lowest BCUT2D eigenvalue weighted by atomic mass is 10.1. The lowest BCUT2D eigenvalue weighted by Crippen LogP contribution is -2.32. The molecule has 0 radical (unpaired) electrons. The number of halogens is 1. The number of rotatable bonds is 8. The van der Waals surface area contributed by atoms with Gasteiger partial charge in [-0.2, -0.15) is 0 Å². The van der Waals surface area contributed by atoms with E-state index in [1.807, 2.05) is 6.92 Å². The number of sulfonamides is 1. The average Bonchev–Trinajstić information content (AvgIpc) is 2.89. The van der Waals surface area contributed by atoms with E-state index in [9.17, 15) is 13.2 Å². The van der Waals surface area contributed by atoms with E-state index in [1.54, 1.807) is 97.1 Å². The Labute approximate surface area is 216 Å². The van der Waals surface area contributed by atoms with E-state index in [2.05, 4.69) is 5.32 Å². The summed E-state index contributed by atoms with van der Waals surface area (Å²) in [5.41, 5.74) is 2.59. The Kier molecular flexibility index (Phi) is 7.62. The van der Waals surface area contributed by atoms with Gasteiger partial charge in [0.25, 0.3) is 15.9 Å². The SMILES string of the molecule is COc1ccccc1NC(=O)c1ccccc1N(Cc1ccc(Cl)cc1)S(=O)(=O)c1ccc(C)cc1. The highest BCUT2D eigenvalue weighted by Gasteiger charge is 2.29. The van der Waals surface area contributed by atoms with Crippen LogP contribution < -0.4 is 14.4 Å². The first-order valence-corrected chi connectivity index (χ1v) is 13.0. The molecule has 6 nitrogen and oxygen atoms in total. The highest BCUT2D eigenvalue weighted by atomic mass is 35.5. The van der Waals surface area contributed by atoms with Crippen molar-refractivity contribution in [3.8, 4) is 5.75 Å². The number of benzene rings is 4. The van der Waals surface area contributed by atoms with Gasteiger partial charge in [0, 0.05) is 5.02 Å². The molecule has 4 aromatic carbocycles. The first-order valence-electron chi connectivity index (χ1n) is 11.2. The number of para-hydroxylation sites is 3. The standard InChI is InChI=1S/C28H25ClN2O4S/c1-20-11-17-23(18-12-20)36(33,34)31(19-21-13-15-22(29)16-14-21)26-9-5-3-7-24(26)28(32)30-25-8-4-6-10-27(25)35-2/h3-18H,19H2,1-2H3,(H,30,32). The van der Waals surface area contributed by atoms with Crippen LogP contribution in [-0.4, -0.2) is 21.4 Å². The van der Waals surface area contributed by atoms with Gasteiger partial charge in [-0.3, -0.25) is 9.10 Å². The summed E-state index contributed by atoms with van der Waals surface area (Å²) in [6.45, 7) is 1.89. The minimum absolute atomic E-state index is 0.00628. The van der Waals surface area contributed by atoms with Crippen molar-refractivity contribution < 1.29 is 17.9 Å². The topological polar surface area (TPSA) is 75.7 Å². The van der Waals surface area contributed by atoms with E-state index >= 15 is 0 Å². The van der Waals surface area contributed by atoms with Gasteiger partial charge in [-0.25, -0.2) is 8.42 Å². The van der Waals surface area contributed by atoms with E-state index in [4.69, 9.17) is 16.3 Å². The number of nitrogens with one attached hydrogen (secondary N) is 1. The van der Waals surface area contributed by atoms with Gasteiger partial charge in [0.05, 0.1) is 35.5 Å². The smallest absolute Gasteiger partial charge is 0.264 e. The Morgan fingerprint density at radius 1 is 0.889 bits per heavy atom. The minimum Gasteiger partial charge on any atom is -0.495 e. The molecule has 0 aliphatic rings. The fourth-order valence-corrected chi connectivity index (χ4v) is 5.31. The molecule has 36 heavy (non-hydrogen) atoms. The van der Waals surface area contributed by atoms with Crippen LogP contribution in [0.15, 0.2) is 102 Å². The van der Waals surface area contributed by atoms with Crippen molar-refractivity contribution in [2.24, 2.45) is 0 Å². The van der Waals surface area contributed by atoms with Crippen molar-refractivity contribution >= 4 is 38.9 Å². The third-order valence-corrected chi connectivity index (χ3v) is 7.65. The molecule has 4 aromatic rings. The summed E-state index contributed by atoms with van der Waals surface area (Å²) in [6, 6.07) is 27.2. The maximum Gasteiger partial charge on any atom is 0.264 e. The van der Waals surface area contributed by atoms with Crippen LogP contribution in [0.4, 0.5) is 11.4 Å². The monoisotopic (exact) mass is 520 g/mol. The molecule has 0 bridgehead atoms. The number of carbonyl (C=O) groups excluding carboxylic acids is 1. The van der Waals surface area contributed by atoms with Crippen LogP contribution in [0.2, 0.25) is 5.02 Å². The molecule has 8 heteroatoms. The Morgan fingerprint density at radius 3 is 2.22 bits per heavy atom. The van der Waals surface area contributed by atoms with Gasteiger partial charge in [0.1, 0.15) is 5.75 Å². The molecule has 0 aliphatic carbocycles. The van der Waals surface area contributed by atoms with Crippen LogP contribution >= 0.6 is 11.6 Å². The minimum atomic E-state index is -4.03. The molecule has 0 saturated heterocycles. The zero-order valence-corrected chi connectivity index (χ0v) is 21.4. The second-order valence-corrected chi connectivity index (χ2v) is 10.4. The fraction of sp³-hybridized carbons (Fsp3) is 0.107. The van der Waals surface area contributed by atoms with Crippen molar-refractivity contribution in [1.82, 2.24) is 0 Å². The van der Waals surface area contributed by atoms with Gasteiger partial charge in [0.2, 0.25) is 0 Å².